The molecular formula is C24H25B2N3O11. The summed E-state index contributed by atoms with van der Waals surface area (Å²) in [5.74, 6) is -5.59. The lowest BCUT2D eigenvalue weighted by atomic mass is 9.78. The van der Waals surface area contributed by atoms with Crippen molar-refractivity contribution in [3.8, 4) is 0 Å². The number of aliphatic carboxylic acids is 2. The molecule has 2 aromatic carbocycles. The topological polar surface area (TPSA) is 221 Å². The largest absolute Gasteiger partial charge is 0.491 e. The molecule has 3 amide bonds. The van der Waals surface area contributed by atoms with Gasteiger partial charge >= 0.3 is 26.2 Å². The van der Waals surface area contributed by atoms with E-state index in [1.165, 1.54) is 31.2 Å². The van der Waals surface area contributed by atoms with E-state index in [1.807, 2.05) is 0 Å². The Kier molecular flexibility index (Phi) is 8.54. The van der Waals surface area contributed by atoms with Crippen molar-refractivity contribution < 1.29 is 53.5 Å². The van der Waals surface area contributed by atoms with E-state index in [1.54, 1.807) is 12.1 Å². The molecule has 0 unspecified atom stereocenters. The molecular weight excluding hydrogens is 528 g/mol. The van der Waals surface area contributed by atoms with E-state index in [0.29, 0.717) is 22.1 Å². The van der Waals surface area contributed by atoms with Gasteiger partial charge in [-0.3, -0.25) is 19.2 Å². The average molecular weight is 553 g/mol. The lowest BCUT2D eigenvalue weighted by Crippen LogP contribution is -2.59. The summed E-state index contributed by atoms with van der Waals surface area (Å²) in [5.41, 5.74) is 2.32. The highest BCUT2D eigenvalue weighted by Crippen LogP contribution is 2.14. The molecule has 0 radical (unpaired) electrons. The first kappa shape index (κ1) is 28.8. The van der Waals surface area contributed by atoms with E-state index in [-0.39, 0.29) is 24.3 Å². The van der Waals surface area contributed by atoms with Crippen molar-refractivity contribution in [2.24, 2.45) is 0 Å². The zero-order valence-electron chi connectivity index (χ0n) is 21.1. The Morgan fingerprint density at radius 2 is 1.32 bits per heavy atom. The van der Waals surface area contributed by atoms with Gasteiger partial charge in [0.15, 0.2) is 0 Å². The molecule has 2 aliphatic heterocycles. The molecule has 0 bridgehead atoms. The minimum Gasteiger partial charge on any atom is -0.481 e. The van der Waals surface area contributed by atoms with Crippen LogP contribution in [0.5, 0.6) is 0 Å². The summed E-state index contributed by atoms with van der Waals surface area (Å²) in [5, 5.41) is 45.4. The second-order valence-electron chi connectivity index (χ2n) is 9.36. The van der Waals surface area contributed by atoms with Gasteiger partial charge in [-0.25, -0.2) is 4.79 Å². The molecule has 2 aliphatic rings. The molecule has 7 N–H and O–H groups in total. The quantitative estimate of drug-likeness (QED) is 0.148. The van der Waals surface area contributed by atoms with Crippen LogP contribution >= 0.6 is 0 Å². The predicted molar refractivity (Wildman–Crippen MR) is 138 cm³/mol. The second-order valence-corrected chi connectivity index (χ2v) is 9.36. The van der Waals surface area contributed by atoms with Crippen molar-refractivity contribution in [3.63, 3.8) is 0 Å². The molecule has 2 heterocycles. The summed E-state index contributed by atoms with van der Waals surface area (Å²) in [7, 11) is -2.43. The minimum absolute atomic E-state index is 0.0487. The Morgan fingerprint density at radius 3 is 1.80 bits per heavy atom. The molecule has 0 aromatic heterocycles. The Balaban J connectivity index is 1.56. The van der Waals surface area contributed by atoms with Crippen LogP contribution in [0, 0.1) is 0 Å². The monoisotopic (exact) mass is 553 g/mol. The summed E-state index contributed by atoms with van der Waals surface area (Å²) in [6.07, 6.45) is -0.926. The van der Waals surface area contributed by atoms with Gasteiger partial charge in [0, 0.05) is 11.1 Å². The van der Waals surface area contributed by atoms with Gasteiger partial charge in [0.2, 0.25) is 5.91 Å². The first-order valence-electron chi connectivity index (χ1n) is 12.2. The van der Waals surface area contributed by atoms with Gasteiger partial charge in [-0.1, -0.05) is 12.1 Å². The Morgan fingerprint density at radius 1 is 0.825 bits per heavy atom. The maximum atomic E-state index is 13.2. The van der Waals surface area contributed by atoms with Crippen molar-refractivity contribution in [2.75, 3.05) is 0 Å². The summed E-state index contributed by atoms with van der Waals surface area (Å²) >= 11 is 0. The third-order valence-corrected chi connectivity index (χ3v) is 6.56. The molecule has 208 valence electrons. The van der Waals surface area contributed by atoms with Crippen LogP contribution in [0.25, 0.3) is 0 Å². The third-order valence-electron chi connectivity index (χ3n) is 6.56. The van der Waals surface area contributed by atoms with Gasteiger partial charge in [-0.15, -0.1) is 0 Å². The van der Waals surface area contributed by atoms with Crippen LogP contribution in [0.15, 0.2) is 36.4 Å². The zero-order valence-corrected chi connectivity index (χ0v) is 21.1. The van der Waals surface area contributed by atoms with Gasteiger partial charge in [0.25, 0.3) is 11.8 Å². The number of carbonyl (C=O) groups is 5. The Labute approximate surface area is 228 Å². The number of rotatable bonds is 10. The van der Waals surface area contributed by atoms with Gasteiger partial charge in [0.1, 0.15) is 12.1 Å². The van der Waals surface area contributed by atoms with Gasteiger partial charge < -0.3 is 45.5 Å². The van der Waals surface area contributed by atoms with Crippen LogP contribution in [-0.2, 0) is 36.9 Å². The molecule has 0 spiro atoms. The van der Waals surface area contributed by atoms with E-state index in [9.17, 15) is 39.1 Å². The van der Waals surface area contributed by atoms with Crippen LogP contribution in [0.2, 0.25) is 0 Å². The molecule has 16 heteroatoms. The fourth-order valence-corrected chi connectivity index (χ4v) is 4.36. The Hall–Kier alpha value is -4.24. The summed E-state index contributed by atoms with van der Waals surface area (Å²) in [4.78, 5) is 61.9. The molecule has 0 saturated heterocycles. The van der Waals surface area contributed by atoms with E-state index in [4.69, 9.17) is 14.4 Å². The van der Waals surface area contributed by atoms with Crippen LogP contribution in [0.3, 0.4) is 0 Å². The highest BCUT2D eigenvalue weighted by Gasteiger charge is 2.34. The van der Waals surface area contributed by atoms with Crippen LogP contribution in [-0.4, -0.2) is 82.3 Å². The van der Waals surface area contributed by atoms with Crippen molar-refractivity contribution in [1.29, 1.82) is 0 Å². The lowest BCUT2D eigenvalue weighted by Gasteiger charge is -2.27. The highest BCUT2D eigenvalue weighted by molar-refractivity contribution is 6.62. The van der Waals surface area contributed by atoms with E-state index in [2.05, 4.69) is 16.0 Å². The predicted octanol–water partition coefficient (Wildman–Crippen LogP) is -2.92. The van der Waals surface area contributed by atoms with Crippen LogP contribution < -0.4 is 26.9 Å². The number of nitrogens with one attached hydrogen (secondary N) is 3. The number of carbonyl (C=O) groups excluding carboxylic acids is 3. The van der Waals surface area contributed by atoms with E-state index >= 15 is 0 Å². The molecule has 40 heavy (non-hydrogen) atoms. The molecule has 0 aliphatic carbocycles. The molecule has 4 rings (SSSR count). The van der Waals surface area contributed by atoms with Crippen molar-refractivity contribution in [1.82, 2.24) is 16.0 Å². The smallest absolute Gasteiger partial charge is 0.481 e. The normalized spacial score (nSPS) is 15.9. The maximum Gasteiger partial charge on any atom is 0.491 e. The van der Waals surface area contributed by atoms with Crippen LogP contribution in [0.4, 0.5) is 0 Å². The fraction of sp³-hybridized carbons (Fsp3) is 0.292. The van der Waals surface area contributed by atoms with Crippen molar-refractivity contribution in [3.05, 3.63) is 58.7 Å². The molecule has 0 fully saturated rings. The average Bonchev–Trinajstić information content (AvgIpc) is 3.47. The number of hydrogen-bond acceptors (Lipinski definition) is 9. The maximum absolute atomic E-state index is 13.2. The number of amides is 3. The van der Waals surface area contributed by atoms with Crippen molar-refractivity contribution in [2.45, 2.75) is 44.7 Å². The zero-order chi connectivity index (χ0) is 29.1. The SMILES string of the molecule is C[C@H](NC(=O)c1ccc2c(c1)B(O)OC2)[C@H](NC(=O)c1ccc2c(c1)B(O)OC2)C(=O)N[C@@H](CC(=O)O)C(=O)O. The van der Waals surface area contributed by atoms with Gasteiger partial charge in [-0.2, -0.15) is 0 Å². The lowest BCUT2D eigenvalue weighted by molar-refractivity contribution is -0.147. The third kappa shape index (κ3) is 6.31. The summed E-state index contributed by atoms with van der Waals surface area (Å²) in [6, 6.07) is 4.41. The standard InChI is InChI=1S/C24H25B2N3O11/c1-11(27-21(32)12-2-4-14-9-39-25(37)16(14)6-12)20(23(34)28-18(24(35)36)8-19(30)31)29-22(33)13-3-5-15-10-40-26(38)17(15)7-13/h2-7,11,18,20,37-38H,8-10H2,1H3,(H,27,32)(H,28,34)(H,29,33)(H,30,31)(H,35,36)/t11-,18-,20-/m0/s1. The fourth-order valence-electron chi connectivity index (χ4n) is 4.36. The first-order chi connectivity index (χ1) is 18.9. The molecule has 3 atom stereocenters. The van der Waals surface area contributed by atoms with Crippen LogP contribution in [0.1, 0.15) is 45.2 Å². The van der Waals surface area contributed by atoms with Crippen molar-refractivity contribution >= 4 is 54.8 Å². The van der Waals surface area contributed by atoms with E-state index < -0.39 is 68.4 Å². The Bertz CT molecular complexity index is 1370. The summed E-state index contributed by atoms with van der Waals surface area (Å²) in [6.45, 7) is 1.72. The first-order valence-corrected chi connectivity index (χ1v) is 12.2. The number of carboxylic acid groups (broad SMARTS) is 2. The highest BCUT2D eigenvalue weighted by atomic mass is 16.5. The molecule has 14 nitrogen and oxygen atoms in total. The second kappa shape index (κ2) is 11.9. The number of fused-ring (bicyclic) bond motifs is 2. The number of hydrogen-bond donors (Lipinski definition) is 7. The van der Waals surface area contributed by atoms with Gasteiger partial charge in [-0.05, 0) is 53.2 Å². The van der Waals surface area contributed by atoms with Gasteiger partial charge in [0.05, 0.1) is 25.7 Å². The van der Waals surface area contributed by atoms with E-state index in [0.717, 1.165) is 0 Å². The molecule has 2 aromatic rings. The minimum atomic E-state index is -1.81. The molecule has 0 saturated carbocycles. The number of benzene rings is 2. The number of carboxylic acids is 2. The summed E-state index contributed by atoms with van der Waals surface area (Å²) < 4.78 is 10.2.